The Bertz CT molecular complexity index is 706. The summed E-state index contributed by atoms with van der Waals surface area (Å²) in [7, 11) is 0. The number of benzene rings is 2. The number of hydrogen-bond donors (Lipinski definition) is 1. The first-order chi connectivity index (χ1) is 11.0. The lowest BCUT2D eigenvalue weighted by atomic mass is 10.1. The first kappa shape index (κ1) is 17.0. The monoisotopic (exact) mass is 335 g/mol. The van der Waals surface area contributed by atoms with Gasteiger partial charge in [0.25, 0.3) is 5.91 Å². The second kappa shape index (κ2) is 7.74. The molecule has 2 aromatic rings. The van der Waals surface area contributed by atoms with Crippen LogP contribution in [0.2, 0.25) is 5.02 Å². The van der Waals surface area contributed by atoms with Gasteiger partial charge in [-0.3, -0.25) is 4.79 Å². The molecule has 0 aliphatic rings. The molecular formula is C17H15ClFNO3. The molecule has 0 unspecified atom stereocenters. The molecule has 0 heterocycles. The van der Waals surface area contributed by atoms with Crippen molar-refractivity contribution in [3.8, 4) is 0 Å². The van der Waals surface area contributed by atoms with Gasteiger partial charge in [0.15, 0.2) is 6.04 Å². The summed E-state index contributed by atoms with van der Waals surface area (Å²) in [4.78, 5) is 24.4. The molecule has 0 aliphatic heterocycles. The summed E-state index contributed by atoms with van der Waals surface area (Å²) in [6.45, 7) is 1.84. The fourth-order valence-electron chi connectivity index (χ4n) is 2.03. The SMILES string of the molecule is CCOC(=O)[C@H](NC(=O)c1cc(Cl)ccc1F)c1ccccc1. The lowest BCUT2D eigenvalue weighted by Gasteiger charge is -2.18. The van der Waals surface area contributed by atoms with Gasteiger partial charge in [-0.2, -0.15) is 0 Å². The van der Waals surface area contributed by atoms with Crippen molar-refractivity contribution in [3.63, 3.8) is 0 Å². The first-order valence-electron chi connectivity index (χ1n) is 7.00. The van der Waals surface area contributed by atoms with E-state index >= 15 is 0 Å². The number of rotatable bonds is 5. The summed E-state index contributed by atoms with van der Waals surface area (Å²) in [5, 5.41) is 2.72. The van der Waals surface area contributed by atoms with E-state index < -0.39 is 23.7 Å². The topological polar surface area (TPSA) is 55.4 Å². The van der Waals surface area contributed by atoms with Crippen LogP contribution in [0, 0.1) is 5.82 Å². The average Bonchev–Trinajstić information content (AvgIpc) is 2.55. The van der Waals surface area contributed by atoms with E-state index in [9.17, 15) is 14.0 Å². The van der Waals surface area contributed by atoms with Crippen molar-refractivity contribution in [3.05, 3.63) is 70.5 Å². The number of carbonyl (C=O) groups excluding carboxylic acids is 2. The lowest BCUT2D eigenvalue weighted by Crippen LogP contribution is -2.35. The van der Waals surface area contributed by atoms with Gasteiger partial charge in [0.2, 0.25) is 0 Å². The highest BCUT2D eigenvalue weighted by molar-refractivity contribution is 6.31. The van der Waals surface area contributed by atoms with Crippen LogP contribution in [0.1, 0.15) is 28.9 Å². The van der Waals surface area contributed by atoms with Crippen LogP contribution in [0.5, 0.6) is 0 Å². The molecule has 0 aromatic heterocycles. The van der Waals surface area contributed by atoms with Gasteiger partial charge in [0.05, 0.1) is 12.2 Å². The summed E-state index contributed by atoms with van der Waals surface area (Å²) in [5.41, 5.74) is 0.310. The molecule has 0 saturated heterocycles. The van der Waals surface area contributed by atoms with E-state index in [4.69, 9.17) is 16.3 Å². The molecule has 0 radical (unpaired) electrons. The van der Waals surface area contributed by atoms with Crippen LogP contribution < -0.4 is 5.32 Å². The molecule has 2 rings (SSSR count). The average molecular weight is 336 g/mol. The van der Waals surface area contributed by atoms with Gasteiger partial charge >= 0.3 is 5.97 Å². The van der Waals surface area contributed by atoms with Crippen molar-refractivity contribution in [2.24, 2.45) is 0 Å². The van der Waals surface area contributed by atoms with Gasteiger partial charge in [-0.1, -0.05) is 41.9 Å². The van der Waals surface area contributed by atoms with Crippen molar-refractivity contribution in [1.29, 1.82) is 0 Å². The van der Waals surface area contributed by atoms with E-state index in [0.29, 0.717) is 5.56 Å². The van der Waals surface area contributed by atoms with E-state index in [0.717, 1.165) is 6.07 Å². The Labute approximate surface area is 138 Å². The Kier molecular flexibility index (Phi) is 5.71. The number of nitrogens with one attached hydrogen (secondary N) is 1. The largest absolute Gasteiger partial charge is 0.464 e. The highest BCUT2D eigenvalue weighted by Gasteiger charge is 2.25. The molecule has 1 N–H and O–H groups in total. The molecule has 0 saturated carbocycles. The lowest BCUT2D eigenvalue weighted by molar-refractivity contribution is -0.145. The highest BCUT2D eigenvalue weighted by Crippen LogP contribution is 2.18. The maximum atomic E-state index is 13.8. The van der Waals surface area contributed by atoms with Crippen molar-refractivity contribution >= 4 is 23.5 Å². The van der Waals surface area contributed by atoms with E-state index in [2.05, 4.69) is 5.32 Å². The minimum absolute atomic E-state index is 0.170. The van der Waals surface area contributed by atoms with Crippen molar-refractivity contribution < 1.29 is 18.7 Å². The summed E-state index contributed by atoms with van der Waals surface area (Å²) in [6, 6.07) is 11.2. The highest BCUT2D eigenvalue weighted by atomic mass is 35.5. The quantitative estimate of drug-likeness (QED) is 0.851. The molecule has 2 aromatic carbocycles. The van der Waals surface area contributed by atoms with E-state index in [1.807, 2.05) is 0 Å². The van der Waals surface area contributed by atoms with Gasteiger partial charge in [-0.25, -0.2) is 9.18 Å². The van der Waals surface area contributed by atoms with Gasteiger partial charge in [-0.15, -0.1) is 0 Å². The normalized spacial score (nSPS) is 11.6. The molecule has 0 aliphatic carbocycles. The maximum Gasteiger partial charge on any atom is 0.333 e. The summed E-state index contributed by atoms with van der Waals surface area (Å²) >= 11 is 5.79. The number of esters is 1. The van der Waals surface area contributed by atoms with E-state index in [1.54, 1.807) is 37.3 Å². The predicted molar refractivity (Wildman–Crippen MR) is 84.7 cm³/mol. The first-order valence-corrected chi connectivity index (χ1v) is 7.38. The van der Waals surface area contributed by atoms with Crippen LogP contribution in [0.25, 0.3) is 0 Å². The zero-order chi connectivity index (χ0) is 16.8. The number of amides is 1. The summed E-state index contributed by atoms with van der Waals surface area (Å²) in [6.07, 6.45) is 0. The smallest absolute Gasteiger partial charge is 0.333 e. The van der Waals surface area contributed by atoms with Crippen LogP contribution in [-0.2, 0) is 9.53 Å². The fraction of sp³-hybridized carbons (Fsp3) is 0.176. The maximum absolute atomic E-state index is 13.8. The Hall–Kier alpha value is -2.40. The molecule has 0 fully saturated rings. The molecule has 120 valence electrons. The Morgan fingerprint density at radius 1 is 1.22 bits per heavy atom. The summed E-state index contributed by atoms with van der Waals surface area (Å²) in [5.74, 6) is -2.08. The van der Waals surface area contributed by atoms with Crippen molar-refractivity contribution in [1.82, 2.24) is 5.32 Å². The number of carbonyl (C=O) groups is 2. The van der Waals surface area contributed by atoms with Gasteiger partial charge in [-0.05, 0) is 30.7 Å². The molecule has 0 spiro atoms. The van der Waals surface area contributed by atoms with Crippen molar-refractivity contribution in [2.75, 3.05) is 6.61 Å². The molecule has 6 heteroatoms. The Morgan fingerprint density at radius 3 is 2.57 bits per heavy atom. The minimum atomic E-state index is -1.03. The van der Waals surface area contributed by atoms with Crippen molar-refractivity contribution in [2.45, 2.75) is 13.0 Å². The van der Waals surface area contributed by atoms with Crippen LogP contribution in [0.3, 0.4) is 0 Å². The molecular weight excluding hydrogens is 321 g/mol. The Morgan fingerprint density at radius 2 is 1.91 bits per heavy atom. The van der Waals surface area contributed by atoms with Gasteiger partial charge < -0.3 is 10.1 Å². The molecule has 4 nitrogen and oxygen atoms in total. The second-order valence-electron chi connectivity index (χ2n) is 4.69. The predicted octanol–water partition coefficient (Wildman–Crippen LogP) is 3.51. The Balaban J connectivity index is 2.28. The fourth-order valence-corrected chi connectivity index (χ4v) is 2.20. The summed E-state index contributed by atoms with van der Waals surface area (Å²) < 4.78 is 18.8. The number of ether oxygens (including phenoxy) is 1. The number of halogens is 2. The zero-order valence-corrected chi connectivity index (χ0v) is 13.1. The molecule has 1 atom stereocenters. The third-order valence-electron chi connectivity index (χ3n) is 3.10. The molecule has 23 heavy (non-hydrogen) atoms. The van der Waals surface area contributed by atoms with Crippen LogP contribution >= 0.6 is 11.6 Å². The van der Waals surface area contributed by atoms with E-state index in [-0.39, 0.29) is 17.2 Å². The standard InChI is InChI=1S/C17H15ClFNO3/c1-2-23-17(22)15(11-6-4-3-5-7-11)20-16(21)13-10-12(18)8-9-14(13)19/h3-10,15H,2H2,1H3,(H,20,21)/t15-/m1/s1. The van der Waals surface area contributed by atoms with Gasteiger partial charge in [0.1, 0.15) is 5.82 Å². The minimum Gasteiger partial charge on any atom is -0.464 e. The third kappa shape index (κ3) is 4.29. The molecule has 1 amide bonds. The van der Waals surface area contributed by atoms with Crippen LogP contribution in [0.15, 0.2) is 48.5 Å². The third-order valence-corrected chi connectivity index (χ3v) is 3.34. The van der Waals surface area contributed by atoms with Crippen LogP contribution in [0.4, 0.5) is 4.39 Å². The van der Waals surface area contributed by atoms with E-state index in [1.165, 1.54) is 12.1 Å². The second-order valence-corrected chi connectivity index (χ2v) is 5.13. The zero-order valence-electron chi connectivity index (χ0n) is 12.4. The number of hydrogen-bond acceptors (Lipinski definition) is 3. The van der Waals surface area contributed by atoms with Crippen LogP contribution in [-0.4, -0.2) is 18.5 Å². The van der Waals surface area contributed by atoms with Gasteiger partial charge in [0, 0.05) is 5.02 Å². The molecule has 0 bridgehead atoms.